The van der Waals surface area contributed by atoms with E-state index in [9.17, 15) is 4.79 Å². The number of carbonyl (C=O) groups excluding carboxylic acids is 1. The molecule has 0 amide bonds. The molecule has 0 aromatic heterocycles. The summed E-state index contributed by atoms with van der Waals surface area (Å²) in [6, 6.07) is 0. The van der Waals surface area contributed by atoms with Crippen LogP contribution in [-0.4, -0.2) is 12.6 Å². The van der Waals surface area contributed by atoms with E-state index in [2.05, 4.69) is 6.92 Å². The molecule has 0 saturated heterocycles. The molecule has 0 N–H and O–H groups in total. The molecule has 0 aliphatic heterocycles. The predicted molar refractivity (Wildman–Crippen MR) is 54.5 cm³/mol. The van der Waals surface area contributed by atoms with Crippen LogP contribution in [0.3, 0.4) is 0 Å². The van der Waals surface area contributed by atoms with Crippen LogP contribution in [0, 0.1) is 0 Å². The molecule has 0 saturated carbocycles. The monoisotopic (exact) mass is 184 g/mol. The van der Waals surface area contributed by atoms with Crippen molar-refractivity contribution in [2.75, 3.05) is 6.61 Å². The van der Waals surface area contributed by atoms with E-state index in [1.807, 2.05) is 20.8 Å². The van der Waals surface area contributed by atoms with Crippen LogP contribution in [0.5, 0.6) is 0 Å². The normalized spacial score (nSPS) is 12.3. The lowest BCUT2D eigenvalue weighted by atomic mass is 10.0. The first-order chi connectivity index (χ1) is 6.17. The molecule has 0 aromatic carbocycles. The van der Waals surface area contributed by atoms with E-state index in [1.54, 1.807) is 0 Å². The zero-order chi connectivity index (χ0) is 10.3. The second-order valence-corrected chi connectivity index (χ2v) is 3.08. The Morgan fingerprint density at radius 2 is 1.85 bits per heavy atom. The van der Waals surface area contributed by atoms with E-state index in [-0.39, 0.29) is 5.97 Å². The summed E-state index contributed by atoms with van der Waals surface area (Å²) in [5.41, 5.74) is 2.02. The molecule has 0 aliphatic carbocycles. The summed E-state index contributed by atoms with van der Waals surface area (Å²) in [6.45, 7) is 8.41. The van der Waals surface area contributed by atoms with Crippen molar-refractivity contribution in [3.05, 3.63) is 11.1 Å². The smallest absolute Gasteiger partial charge is 0.333 e. The van der Waals surface area contributed by atoms with Crippen LogP contribution in [0.25, 0.3) is 0 Å². The van der Waals surface area contributed by atoms with E-state index in [0.29, 0.717) is 6.61 Å². The van der Waals surface area contributed by atoms with Crippen molar-refractivity contribution in [2.45, 2.75) is 47.0 Å². The van der Waals surface area contributed by atoms with Crippen LogP contribution in [0.4, 0.5) is 0 Å². The van der Waals surface area contributed by atoms with E-state index < -0.39 is 0 Å². The third-order valence-electron chi connectivity index (χ3n) is 2.02. The second-order valence-electron chi connectivity index (χ2n) is 3.08. The summed E-state index contributed by atoms with van der Waals surface area (Å²) in [4.78, 5) is 11.4. The van der Waals surface area contributed by atoms with Crippen molar-refractivity contribution < 1.29 is 9.53 Å². The summed E-state index contributed by atoms with van der Waals surface area (Å²) < 4.78 is 4.97. The zero-order valence-electron chi connectivity index (χ0n) is 9.14. The van der Waals surface area contributed by atoms with Crippen LogP contribution in [0.1, 0.15) is 47.0 Å². The lowest BCUT2D eigenvalue weighted by molar-refractivity contribution is -0.138. The standard InChI is InChI=1S/C11H20O2/c1-5-8-9(4)10(6-2)11(12)13-7-3/h5-8H2,1-4H3. The Hall–Kier alpha value is -0.790. The minimum absolute atomic E-state index is 0.143. The summed E-state index contributed by atoms with van der Waals surface area (Å²) in [6.07, 6.45) is 2.83. The van der Waals surface area contributed by atoms with Crippen molar-refractivity contribution in [3.8, 4) is 0 Å². The number of hydrogen-bond donors (Lipinski definition) is 0. The number of ether oxygens (including phenoxy) is 1. The SMILES string of the molecule is CCCC(C)=C(CC)C(=O)OCC. The molecule has 0 bridgehead atoms. The van der Waals surface area contributed by atoms with Gasteiger partial charge < -0.3 is 4.74 Å². The largest absolute Gasteiger partial charge is 0.463 e. The first-order valence-corrected chi connectivity index (χ1v) is 5.03. The molecule has 2 heteroatoms. The summed E-state index contributed by atoms with van der Waals surface area (Å²) in [7, 11) is 0. The molecule has 0 unspecified atom stereocenters. The fraction of sp³-hybridized carbons (Fsp3) is 0.727. The number of rotatable bonds is 5. The van der Waals surface area contributed by atoms with Crippen LogP contribution < -0.4 is 0 Å². The van der Waals surface area contributed by atoms with E-state index in [1.165, 1.54) is 5.57 Å². The molecule has 0 fully saturated rings. The van der Waals surface area contributed by atoms with E-state index in [4.69, 9.17) is 4.74 Å². The van der Waals surface area contributed by atoms with E-state index in [0.717, 1.165) is 24.8 Å². The Morgan fingerprint density at radius 3 is 2.23 bits per heavy atom. The van der Waals surface area contributed by atoms with Gasteiger partial charge in [0.05, 0.1) is 6.61 Å². The molecule has 2 nitrogen and oxygen atoms in total. The Balaban J connectivity index is 4.46. The summed E-state index contributed by atoms with van der Waals surface area (Å²) in [5, 5.41) is 0. The lowest BCUT2D eigenvalue weighted by Crippen LogP contribution is -2.09. The molecule has 0 aromatic rings. The number of hydrogen-bond acceptors (Lipinski definition) is 2. The maximum atomic E-state index is 11.4. The molecule has 0 spiro atoms. The van der Waals surface area contributed by atoms with Crippen molar-refractivity contribution in [2.24, 2.45) is 0 Å². The minimum atomic E-state index is -0.143. The first kappa shape index (κ1) is 12.2. The van der Waals surface area contributed by atoms with Crippen LogP contribution in [-0.2, 0) is 9.53 Å². The van der Waals surface area contributed by atoms with Gasteiger partial charge in [0.1, 0.15) is 0 Å². The predicted octanol–water partition coefficient (Wildman–Crippen LogP) is 3.08. The van der Waals surface area contributed by atoms with Crippen LogP contribution >= 0.6 is 0 Å². The molecule has 13 heavy (non-hydrogen) atoms. The maximum Gasteiger partial charge on any atom is 0.333 e. The lowest BCUT2D eigenvalue weighted by Gasteiger charge is -2.08. The highest BCUT2D eigenvalue weighted by Crippen LogP contribution is 2.15. The van der Waals surface area contributed by atoms with Gasteiger partial charge >= 0.3 is 5.97 Å². The van der Waals surface area contributed by atoms with Gasteiger partial charge in [-0.3, -0.25) is 0 Å². The van der Waals surface area contributed by atoms with Gasteiger partial charge in [-0.1, -0.05) is 25.8 Å². The highest BCUT2D eigenvalue weighted by Gasteiger charge is 2.10. The maximum absolute atomic E-state index is 11.4. The quantitative estimate of drug-likeness (QED) is 0.485. The molecule has 0 rings (SSSR count). The first-order valence-electron chi connectivity index (χ1n) is 5.03. The average molecular weight is 184 g/mol. The second kappa shape index (κ2) is 6.70. The number of esters is 1. The van der Waals surface area contributed by atoms with Gasteiger partial charge in [-0.05, 0) is 26.7 Å². The number of allylic oxidation sites excluding steroid dienone is 1. The van der Waals surface area contributed by atoms with Crippen LogP contribution in [0.15, 0.2) is 11.1 Å². The fourth-order valence-corrected chi connectivity index (χ4v) is 1.36. The molecule has 0 heterocycles. The van der Waals surface area contributed by atoms with Gasteiger partial charge in [-0.25, -0.2) is 4.79 Å². The average Bonchev–Trinajstić information content (AvgIpc) is 2.06. The Labute approximate surface area is 81.0 Å². The zero-order valence-corrected chi connectivity index (χ0v) is 9.14. The van der Waals surface area contributed by atoms with Crippen molar-refractivity contribution >= 4 is 5.97 Å². The van der Waals surface area contributed by atoms with Gasteiger partial charge in [0, 0.05) is 5.57 Å². The Morgan fingerprint density at radius 1 is 1.23 bits per heavy atom. The molecule has 0 atom stereocenters. The molecular weight excluding hydrogens is 164 g/mol. The molecular formula is C11H20O2. The third-order valence-corrected chi connectivity index (χ3v) is 2.02. The van der Waals surface area contributed by atoms with Gasteiger partial charge in [0.25, 0.3) is 0 Å². The van der Waals surface area contributed by atoms with Crippen molar-refractivity contribution in [3.63, 3.8) is 0 Å². The van der Waals surface area contributed by atoms with Gasteiger partial charge in [-0.2, -0.15) is 0 Å². The summed E-state index contributed by atoms with van der Waals surface area (Å²) in [5.74, 6) is -0.143. The Kier molecular flexibility index (Phi) is 6.29. The fourth-order valence-electron chi connectivity index (χ4n) is 1.36. The third kappa shape index (κ3) is 4.11. The molecule has 0 aliphatic rings. The van der Waals surface area contributed by atoms with Gasteiger partial charge in [-0.15, -0.1) is 0 Å². The summed E-state index contributed by atoms with van der Waals surface area (Å²) >= 11 is 0. The van der Waals surface area contributed by atoms with Gasteiger partial charge in [0.15, 0.2) is 0 Å². The van der Waals surface area contributed by atoms with Crippen molar-refractivity contribution in [1.82, 2.24) is 0 Å². The van der Waals surface area contributed by atoms with Gasteiger partial charge in [0.2, 0.25) is 0 Å². The number of carbonyl (C=O) groups is 1. The van der Waals surface area contributed by atoms with E-state index >= 15 is 0 Å². The minimum Gasteiger partial charge on any atom is -0.463 e. The molecule has 76 valence electrons. The highest BCUT2D eigenvalue weighted by molar-refractivity contribution is 5.89. The topological polar surface area (TPSA) is 26.3 Å². The van der Waals surface area contributed by atoms with Crippen LogP contribution in [0.2, 0.25) is 0 Å². The molecule has 0 radical (unpaired) electrons. The van der Waals surface area contributed by atoms with Crippen molar-refractivity contribution in [1.29, 1.82) is 0 Å². The highest BCUT2D eigenvalue weighted by atomic mass is 16.5. The Bertz CT molecular complexity index is 192.